The molecule has 176 valence electrons. The number of benzene rings is 2. The molecule has 10 nitrogen and oxygen atoms in total. The summed E-state index contributed by atoms with van der Waals surface area (Å²) in [5.41, 5.74) is 6.05. The van der Waals surface area contributed by atoms with Crippen molar-refractivity contribution in [2.24, 2.45) is 0 Å². The van der Waals surface area contributed by atoms with Crippen molar-refractivity contribution in [3.63, 3.8) is 0 Å². The molecule has 0 spiro atoms. The zero-order valence-corrected chi connectivity index (χ0v) is 19.2. The number of nitrogens with one attached hydrogen (secondary N) is 2. The first kappa shape index (κ1) is 25.3. The van der Waals surface area contributed by atoms with Crippen LogP contribution in [-0.2, 0) is 22.6 Å². The zero-order chi connectivity index (χ0) is 24.2. The first-order valence-corrected chi connectivity index (χ1v) is 10.3. The zero-order valence-electron chi connectivity index (χ0n) is 19.2. The van der Waals surface area contributed by atoms with E-state index in [1.54, 1.807) is 14.2 Å². The molecule has 2 aromatic carbocycles. The van der Waals surface area contributed by atoms with Crippen LogP contribution in [0.3, 0.4) is 0 Å². The Morgan fingerprint density at radius 2 is 1.67 bits per heavy atom. The number of carbonyl (C=O) groups excluding carboxylic acids is 1. The molecule has 0 saturated carbocycles. The standard InChI is InChI=1S/C16H21N5O4.C7H8O/c1-11-4-6-12(7-5-11)10-21-14(19-17-2)18-15(23)20(16(21)24)9-8-13(22)25-3;1-8-7-5-3-2-4-6-7/h4-7,17H,8-10H2,1-3H3,(H,18,19,23);2-6H,1H3. The summed E-state index contributed by atoms with van der Waals surface area (Å²) in [7, 11) is 4.51. The highest BCUT2D eigenvalue weighted by Crippen LogP contribution is 2.07. The van der Waals surface area contributed by atoms with E-state index in [0.717, 1.165) is 21.4 Å². The van der Waals surface area contributed by atoms with Crippen LogP contribution in [0.25, 0.3) is 0 Å². The summed E-state index contributed by atoms with van der Waals surface area (Å²) in [5, 5.41) is 0. The number of esters is 1. The van der Waals surface area contributed by atoms with Gasteiger partial charge < -0.3 is 9.47 Å². The Morgan fingerprint density at radius 3 is 2.21 bits per heavy atom. The van der Waals surface area contributed by atoms with Crippen molar-refractivity contribution in [1.29, 1.82) is 0 Å². The normalized spacial score (nSPS) is 10.1. The van der Waals surface area contributed by atoms with Crippen LogP contribution in [-0.4, -0.2) is 41.4 Å². The number of hydrogen-bond acceptors (Lipinski definition) is 8. The smallest absolute Gasteiger partial charge is 0.354 e. The number of aromatic nitrogens is 3. The number of ether oxygens (including phenoxy) is 2. The summed E-state index contributed by atoms with van der Waals surface area (Å²) in [5.74, 6) is 0.508. The minimum absolute atomic E-state index is 0.0866. The number of rotatable bonds is 8. The molecule has 3 aromatic rings. The highest BCUT2D eigenvalue weighted by molar-refractivity contribution is 5.68. The number of aryl methyl sites for hydroxylation is 1. The van der Waals surface area contributed by atoms with E-state index in [4.69, 9.17) is 4.74 Å². The van der Waals surface area contributed by atoms with Crippen LogP contribution in [0.2, 0.25) is 0 Å². The van der Waals surface area contributed by atoms with E-state index < -0.39 is 17.3 Å². The molecule has 0 fully saturated rings. The van der Waals surface area contributed by atoms with Crippen molar-refractivity contribution in [2.75, 3.05) is 26.7 Å². The number of carbonyl (C=O) groups is 1. The average Bonchev–Trinajstić information content (AvgIpc) is 2.83. The molecule has 0 bridgehead atoms. The Kier molecular flexibility index (Phi) is 9.84. The Bertz CT molecular complexity index is 1140. The van der Waals surface area contributed by atoms with E-state index in [-0.39, 0.29) is 25.5 Å². The molecule has 1 heterocycles. The van der Waals surface area contributed by atoms with Crippen LogP contribution < -0.4 is 27.0 Å². The third-order valence-electron chi connectivity index (χ3n) is 4.59. The van der Waals surface area contributed by atoms with Gasteiger partial charge in [0.25, 0.3) is 0 Å². The second kappa shape index (κ2) is 12.8. The second-order valence-electron chi connectivity index (χ2n) is 6.94. The average molecular weight is 456 g/mol. The van der Waals surface area contributed by atoms with Gasteiger partial charge in [0.15, 0.2) is 0 Å². The second-order valence-corrected chi connectivity index (χ2v) is 6.94. The maximum absolute atomic E-state index is 12.7. The van der Waals surface area contributed by atoms with Crippen LogP contribution in [0.1, 0.15) is 17.5 Å². The largest absolute Gasteiger partial charge is 0.497 e. The highest BCUT2D eigenvalue weighted by atomic mass is 16.5. The summed E-state index contributed by atoms with van der Waals surface area (Å²) in [6.45, 7) is 2.11. The Labute approximate surface area is 191 Å². The van der Waals surface area contributed by atoms with Gasteiger partial charge in [0, 0.05) is 13.6 Å². The quantitative estimate of drug-likeness (QED) is 0.388. The SMILES string of the molecule is CNNc1nc(=O)n(CCC(=O)OC)c(=O)n1Cc1ccc(C)cc1.COc1ccccc1. The van der Waals surface area contributed by atoms with Crippen molar-refractivity contribution in [2.45, 2.75) is 26.4 Å². The van der Waals surface area contributed by atoms with E-state index in [0.29, 0.717) is 0 Å². The molecule has 0 aliphatic heterocycles. The summed E-state index contributed by atoms with van der Waals surface area (Å²) in [4.78, 5) is 40.0. The molecule has 3 rings (SSSR count). The van der Waals surface area contributed by atoms with Gasteiger partial charge in [-0.1, -0.05) is 48.0 Å². The van der Waals surface area contributed by atoms with E-state index in [9.17, 15) is 14.4 Å². The fourth-order valence-electron chi connectivity index (χ4n) is 2.81. The number of nitrogens with zero attached hydrogens (tertiary/aromatic N) is 3. The lowest BCUT2D eigenvalue weighted by atomic mass is 10.1. The molecule has 2 N–H and O–H groups in total. The summed E-state index contributed by atoms with van der Waals surface area (Å²) in [6, 6.07) is 17.3. The summed E-state index contributed by atoms with van der Waals surface area (Å²) in [6.07, 6.45) is -0.0866. The Morgan fingerprint density at radius 1 is 1.00 bits per heavy atom. The van der Waals surface area contributed by atoms with Gasteiger partial charge in [-0.25, -0.2) is 19.6 Å². The van der Waals surface area contributed by atoms with Gasteiger partial charge >= 0.3 is 17.3 Å². The highest BCUT2D eigenvalue weighted by Gasteiger charge is 2.14. The van der Waals surface area contributed by atoms with Gasteiger partial charge in [-0.05, 0) is 24.6 Å². The fourth-order valence-corrected chi connectivity index (χ4v) is 2.81. The third kappa shape index (κ3) is 7.62. The Balaban J connectivity index is 0.000000405. The molecule has 0 aliphatic carbocycles. The maximum atomic E-state index is 12.7. The molecule has 0 saturated heterocycles. The summed E-state index contributed by atoms with van der Waals surface area (Å²) < 4.78 is 11.7. The lowest BCUT2D eigenvalue weighted by Crippen LogP contribution is -2.44. The van der Waals surface area contributed by atoms with Gasteiger partial charge in [-0.3, -0.25) is 14.8 Å². The van der Waals surface area contributed by atoms with Gasteiger partial charge in [-0.15, -0.1) is 0 Å². The maximum Gasteiger partial charge on any atom is 0.354 e. The molecule has 0 unspecified atom stereocenters. The van der Waals surface area contributed by atoms with Crippen LogP contribution in [0.15, 0.2) is 64.2 Å². The van der Waals surface area contributed by atoms with Crippen LogP contribution in [0.5, 0.6) is 5.75 Å². The van der Waals surface area contributed by atoms with Crippen molar-refractivity contribution < 1.29 is 14.3 Å². The van der Waals surface area contributed by atoms with Gasteiger partial charge in [0.2, 0.25) is 5.95 Å². The van der Waals surface area contributed by atoms with E-state index >= 15 is 0 Å². The molecular formula is C23H29N5O5. The van der Waals surface area contributed by atoms with Crippen LogP contribution >= 0.6 is 0 Å². The molecular weight excluding hydrogens is 426 g/mol. The molecule has 1 aromatic heterocycles. The lowest BCUT2D eigenvalue weighted by Gasteiger charge is -2.15. The number of para-hydroxylation sites is 1. The van der Waals surface area contributed by atoms with Crippen molar-refractivity contribution in [1.82, 2.24) is 19.5 Å². The van der Waals surface area contributed by atoms with Crippen LogP contribution in [0.4, 0.5) is 5.95 Å². The number of hydrazine groups is 1. The number of methoxy groups -OCH3 is 2. The van der Waals surface area contributed by atoms with Gasteiger partial charge in [0.05, 0.1) is 27.2 Å². The van der Waals surface area contributed by atoms with Crippen molar-refractivity contribution in [3.05, 3.63) is 86.7 Å². The minimum atomic E-state index is -0.730. The molecule has 0 amide bonds. The first-order valence-electron chi connectivity index (χ1n) is 10.3. The fraction of sp³-hybridized carbons (Fsp3) is 0.304. The van der Waals surface area contributed by atoms with Gasteiger partial charge in [0.1, 0.15) is 5.75 Å². The molecule has 10 heteroatoms. The number of hydrogen-bond donors (Lipinski definition) is 2. The lowest BCUT2D eigenvalue weighted by molar-refractivity contribution is -0.140. The van der Waals surface area contributed by atoms with Crippen LogP contribution in [0, 0.1) is 6.92 Å². The van der Waals surface area contributed by atoms with Gasteiger partial charge in [-0.2, -0.15) is 4.98 Å². The van der Waals surface area contributed by atoms with Crippen molar-refractivity contribution >= 4 is 11.9 Å². The molecule has 33 heavy (non-hydrogen) atoms. The van der Waals surface area contributed by atoms with Crippen molar-refractivity contribution in [3.8, 4) is 5.75 Å². The monoisotopic (exact) mass is 455 g/mol. The summed E-state index contributed by atoms with van der Waals surface area (Å²) >= 11 is 0. The van der Waals surface area contributed by atoms with E-state index in [1.165, 1.54) is 11.7 Å². The predicted octanol–water partition coefficient (Wildman–Crippen LogP) is 1.57. The molecule has 0 atom stereocenters. The topological polar surface area (TPSA) is 116 Å². The Hall–Kier alpha value is -3.92. The first-order chi connectivity index (χ1) is 15.9. The predicted molar refractivity (Wildman–Crippen MR) is 125 cm³/mol. The molecule has 0 aliphatic rings. The van der Waals surface area contributed by atoms with E-state index in [2.05, 4.69) is 20.6 Å². The number of anilines is 1. The minimum Gasteiger partial charge on any atom is -0.497 e. The molecule has 0 radical (unpaired) electrons. The third-order valence-corrected chi connectivity index (χ3v) is 4.59. The van der Waals surface area contributed by atoms with E-state index in [1.807, 2.05) is 61.5 Å².